The lowest BCUT2D eigenvalue weighted by atomic mass is 10.0. The fourth-order valence-electron chi connectivity index (χ4n) is 3.29. The Morgan fingerprint density at radius 2 is 2.00 bits per heavy atom. The highest BCUT2D eigenvalue weighted by Crippen LogP contribution is 2.28. The molecule has 30 heavy (non-hydrogen) atoms. The molecule has 0 saturated heterocycles. The summed E-state index contributed by atoms with van der Waals surface area (Å²) >= 11 is 0. The van der Waals surface area contributed by atoms with Crippen LogP contribution in [-0.4, -0.2) is 25.5 Å². The standard InChI is InChI=1S/C22H20F2N6/c23-15-6-7-16(18(24)11-15)22-29-19-4-2-1-3-17(19)21(30-22)27-10-9-26-20-8-5-14(12-25)13-28-20/h1-8,11,22,26,28-29H,9-10,13H2,(H,27,30). The molecule has 0 spiro atoms. The third-order valence-electron chi connectivity index (χ3n) is 4.80. The summed E-state index contributed by atoms with van der Waals surface area (Å²) in [6.45, 7) is 1.55. The van der Waals surface area contributed by atoms with Gasteiger partial charge >= 0.3 is 0 Å². The van der Waals surface area contributed by atoms with Gasteiger partial charge in [-0.25, -0.2) is 8.78 Å². The van der Waals surface area contributed by atoms with E-state index in [-0.39, 0.29) is 0 Å². The van der Waals surface area contributed by atoms with E-state index in [0.717, 1.165) is 23.1 Å². The van der Waals surface area contributed by atoms with Crippen molar-refractivity contribution in [3.63, 3.8) is 0 Å². The van der Waals surface area contributed by atoms with E-state index in [0.29, 0.717) is 36.6 Å². The lowest BCUT2D eigenvalue weighted by Crippen LogP contribution is -2.40. The van der Waals surface area contributed by atoms with Crippen molar-refractivity contribution >= 4 is 11.5 Å². The molecule has 2 aromatic carbocycles. The number of nitrogens with one attached hydrogen (secondary N) is 4. The molecule has 0 aliphatic carbocycles. The van der Waals surface area contributed by atoms with Crippen molar-refractivity contribution in [1.29, 1.82) is 5.26 Å². The van der Waals surface area contributed by atoms with Gasteiger partial charge < -0.3 is 21.3 Å². The molecule has 6 nitrogen and oxygen atoms in total. The third kappa shape index (κ3) is 4.25. The van der Waals surface area contributed by atoms with E-state index in [2.05, 4.69) is 32.3 Å². The van der Waals surface area contributed by atoms with Gasteiger partial charge in [-0.05, 0) is 36.4 Å². The maximum absolute atomic E-state index is 14.3. The van der Waals surface area contributed by atoms with Gasteiger partial charge in [-0.15, -0.1) is 0 Å². The van der Waals surface area contributed by atoms with E-state index >= 15 is 0 Å². The molecule has 2 aromatic rings. The highest BCUT2D eigenvalue weighted by Gasteiger charge is 2.25. The molecule has 0 aromatic heterocycles. The first-order valence-electron chi connectivity index (χ1n) is 9.54. The molecule has 0 saturated carbocycles. The summed E-state index contributed by atoms with van der Waals surface area (Å²) in [5.41, 5.74) is 2.69. The molecule has 2 heterocycles. The summed E-state index contributed by atoms with van der Waals surface area (Å²) in [5, 5.41) is 21.7. The summed E-state index contributed by atoms with van der Waals surface area (Å²) < 4.78 is 27.6. The topological polar surface area (TPSA) is 84.3 Å². The number of hydrogen-bond acceptors (Lipinski definition) is 5. The van der Waals surface area contributed by atoms with Gasteiger partial charge in [0.05, 0.1) is 25.0 Å². The Hall–Kier alpha value is -3.86. The maximum Gasteiger partial charge on any atom is 0.133 e. The first-order chi connectivity index (χ1) is 14.6. The average Bonchev–Trinajstić information content (AvgIpc) is 2.77. The number of aliphatic imine (C=N–C) groups is 1. The molecule has 4 N–H and O–H groups in total. The zero-order chi connectivity index (χ0) is 20.9. The average molecular weight is 406 g/mol. The smallest absolute Gasteiger partial charge is 0.133 e. The number of halogens is 2. The molecule has 2 aliphatic heterocycles. The Bertz CT molecular complexity index is 1080. The van der Waals surface area contributed by atoms with Crippen molar-refractivity contribution in [2.24, 2.45) is 4.99 Å². The molecule has 0 radical (unpaired) electrons. The minimum Gasteiger partial charge on any atom is -0.370 e. The number of rotatable bonds is 5. The summed E-state index contributed by atoms with van der Waals surface area (Å²) in [5.74, 6) is 0.228. The Morgan fingerprint density at radius 1 is 1.13 bits per heavy atom. The number of benzene rings is 2. The SMILES string of the molecule is N#CC1=CC=C(NCCN=C2NC(c3ccc(F)cc3F)Nc3ccccc32)NC1. The van der Waals surface area contributed by atoms with Gasteiger partial charge in [0.2, 0.25) is 0 Å². The van der Waals surface area contributed by atoms with Crippen LogP contribution in [0.15, 0.2) is 71.0 Å². The largest absolute Gasteiger partial charge is 0.370 e. The van der Waals surface area contributed by atoms with E-state index in [1.165, 1.54) is 12.1 Å². The molecule has 4 rings (SSSR count). The maximum atomic E-state index is 14.3. The number of para-hydroxylation sites is 1. The normalized spacial score (nSPS) is 18.7. The third-order valence-corrected chi connectivity index (χ3v) is 4.80. The van der Waals surface area contributed by atoms with Crippen molar-refractivity contribution in [1.82, 2.24) is 16.0 Å². The van der Waals surface area contributed by atoms with Gasteiger partial charge in [0.1, 0.15) is 23.6 Å². The van der Waals surface area contributed by atoms with Crippen LogP contribution in [0.5, 0.6) is 0 Å². The van der Waals surface area contributed by atoms with Crippen molar-refractivity contribution in [3.8, 4) is 6.07 Å². The summed E-state index contributed by atoms with van der Waals surface area (Å²) in [4.78, 5) is 4.65. The van der Waals surface area contributed by atoms with Gasteiger partial charge in [-0.2, -0.15) is 5.26 Å². The van der Waals surface area contributed by atoms with Crippen LogP contribution < -0.4 is 21.3 Å². The van der Waals surface area contributed by atoms with E-state index in [4.69, 9.17) is 5.26 Å². The van der Waals surface area contributed by atoms with Crippen molar-refractivity contribution < 1.29 is 8.78 Å². The molecule has 8 heteroatoms. The molecule has 0 amide bonds. The minimum atomic E-state index is -0.625. The second kappa shape index (κ2) is 8.66. The van der Waals surface area contributed by atoms with Crippen LogP contribution in [-0.2, 0) is 0 Å². The Morgan fingerprint density at radius 3 is 2.77 bits per heavy atom. The van der Waals surface area contributed by atoms with Crippen molar-refractivity contribution in [3.05, 3.63) is 88.8 Å². The zero-order valence-electron chi connectivity index (χ0n) is 16.0. The number of dihydropyridines is 1. The molecular weight excluding hydrogens is 386 g/mol. The molecule has 0 fully saturated rings. The number of hydrogen-bond donors (Lipinski definition) is 4. The molecular formula is C22H20F2N6. The van der Waals surface area contributed by atoms with Gasteiger partial charge in [0, 0.05) is 35.0 Å². The molecule has 1 unspecified atom stereocenters. The Labute approximate surface area is 173 Å². The number of amidine groups is 1. The number of anilines is 1. The highest BCUT2D eigenvalue weighted by molar-refractivity contribution is 6.05. The number of nitriles is 1. The van der Waals surface area contributed by atoms with Crippen LogP contribution in [0.3, 0.4) is 0 Å². The molecule has 1 atom stereocenters. The first-order valence-corrected chi connectivity index (χ1v) is 9.54. The van der Waals surface area contributed by atoms with Gasteiger partial charge in [0.15, 0.2) is 0 Å². The number of nitrogens with zero attached hydrogens (tertiary/aromatic N) is 2. The summed E-state index contributed by atoms with van der Waals surface area (Å²) in [6.07, 6.45) is 3.03. The monoisotopic (exact) mass is 406 g/mol. The first kappa shape index (κ1) is 19.5. The van der Waals surface area contributed by atoms with Gasteiger partial charge in [-0.1, -0.05) is 12.1 Å². The van der Waals surface area contributed by atoms with Crippen LogP contribution in [0.25, 0.3) is 0 Å². The second-order valence-electron chi connectivity index (χ2n) is 6.83. The van der Waals surface area contributed by atoms with Gasteiger partial charge in [-0.3, -0.25) is 4.99 Å². The number of allylic oxidation sites excluding steroid dienone is 2. The second-order valence-corrected chi connectivity index (χ2v) is 6.83. The van der Waals surface area contributed by atoms with Crippen LogP contribution in [0.4, 0.5) is 14.5 Å². The predicted octanol–water partition coefficient (Wildman–Crippen LogP) is 2.91. The quantitative estimate of drug-likeness (QED) is 0.574. The molecule has 0 bridgehead atoms. The van der Waals surface area contributed by atoms with Crippen LogP contribution in [0, 0.1) is 23.0 Å². The van der Waals surface area contributed by atoms with Crippen molar-refractivity contribution in [2.75, 3.05) is 25.0 Å². The van der Waals surface area contributed by atoms with E-state index in [9.17, 15) is 8.78 Å². The van der Waals surface area contributed by atoms with Crippen LogP contribution in [0.1, 0.15) is 17.3 Å². The highest BCUT2D eigenvalue weighted by atomic mass is 19.1. The molecule has 2 aliphatic rings. The van der Waals surface area contributed by atoms with Crippen LogP contribution in [0.2, 0.25) is 0 Å². The van der Waals surface area contributed by atoms with E-state index < -0.39 is 17.8 Å². The van der Waals surface area contributed by atoms with E-state index in [1.807, 2.05) is 30.3 Å². The predicted molar refractivity (Wildman–Crippen MR) is 111 cm³/mol. The number of fused-ring (bicyclic) bond motifs is 1. The Kier molecular flexibility index (Phi) is 5.61. The van der Waals surface area contributed by atoms with Crippen molar-refractivity contribution in [2.45, 2.75) is 6.17 Å². The van der Waals surface area contributed by atoms with Gasteiger partial charge in [0.25, 0.3) is 0 Å². The minimum absolute atomic E-state index is 0.313. The zero-order valence-corrected chi connectivity index (χ0v) is 16.0. The molecule has 152 valence electrons. The Balaban J connectivity index is 1.48. The fraction of sp³-hybridized carbons (Fsp3) is 0.182. The lowest BCUT2D eigenvalue weighted by Gasteiger charge is -2.30. The van der Waals surface area contributed by atoms with Crippen LogP contribution >= 0.6 is 0 Å². The fourth-order valence-corrected chi connectivity index (χ4v) is 3.29. The lowest BCUT2D eigenvalue weighted by molar-refractivity contribution is 0.554. The summed E-state index contributed by atoms with van der Waals surface area (Å²) in [7, 11) is 0. The van der Waals surface area contributed by atoms with E-state index in [1.54, 1.807) is 6.08 Å². The summed E-state index contributed by atoms with van der Waals surface area (Å²) in [6, 6.07) is 13.3.